The highest BCUT2D eigenvalue weighted by Gasteiger charge is 2.65. The van der Waals surface area contributed by atoms with Crippen LogP contribution in [0.4, 0.5) is 10.1 Å². The fourth-order valence-electron chi connectivity index (χ4n) is 9.78. The molecule has 12 nitrogen and oxygen atoms in total. The average Bonchev–Trinajstić information content (AvgIpc) is 3.33. The van der Waals surface area contributed by atoms with E-state index in [0.29, 0.717) is 47.8 Å². The Morgan fingerprint density at radius 2 is 1.76 bits per heavy atom. The topological polar surface area (TPSA) is 153 Å². The van der Waals surface area contributed by atoms with E-state index in [1.54, 1.807) is 53.1 Å². The number of nitro groups is 1. The third-order valence-corrected chi connectivity index (χ3v) is 13.6. The minimum Gasteiger partial charge on any atom is -0.493 e. The maximum atomic E-state index is 15.0. The lowest BCUT2D eigenvalue weighted by Crippen LogP contribution is -2.70. The molecular weight excluding hydrogens is 862 g/mol. The van der Waals surface area contributed by atoms with Gasteiger partial charge in [0.05, 0.1) is 29.8 Å². The Morgan fingerprint density at radius 1 is 1.02 bits per heavy atom. The zero-order valence-corrected chi connectivity index (χ0v) is 38.0. The van der Waals surface area contributed by atoms with Gasteiger partial charge in [0.1, 0.15) is 30.5 Å². The molecule has 0 spiro atoms. The normalized spacial score (nSPS) is 22.5. The Morgan fingerprint density at radius 3 is 2.45 bits per heavy atom. The van der Waals surface area contributed by atoms with Gasteiger partial charge in [-0.05, 0) is 115 Å². The second kappa shape index (κ2) is 23.1. The van der Waals surface area contributed by atoms with E-state index in [-0.39, 0.29) is 56.2 Å². The molecule has 0 aromatic heterocycles. The van der Waals surface area contributed by atoms with Gasteiger partial charge in [0.25, 0.3) is 5.69 Å². The molecule has 0 bridgehead atoms. The molecular formula is C52H58FN3O9S. The van der Waals surface area contributed by atoms with Crippen LogP contribution in [0, 0.1) is 33.7 Å². The molecule has 3 aliphatic rings. The standard InChI is InChI=1S/C52H58FN3O9S/c1-3-29-64-52-48(55(35-37-15-20-39(53)21-16-37)49(59)26-19-36-17-22-40(23-18-36)56(60)61)34-46(54-62-2)44-32-38(11-7-9-27-57)43(14-8-10-28-58)50(51(44)52)45-33-41(24-25-47(45)65-52)63-30-31-66-42-12-5-4-6-13-42/h3-6,12-13,15-26,32-33,38,43,48,50-51,57-58H,1,7-11,14,27-31,34-35H2,2H3. The molecule has 1 fully saturated rings. The number of amides is 1. The van der Waals surface area contributed by atoms with E-state index in [2.05, 4.69) is 36.0 Å². The van der Waals surface area contributed by atoms with Crippen LogP contribution in [-0.4, -0.2) is 82.8 Å². The van der Waals surface area contributed by atoms with Crippen molar-refractivity contribution in [3.63, 3.8) is 0 Å². The van der Waals surface area contributed by atoms with E-state index in [9.17, 15) is 29.5 Å². The summed E-state index contributed by atoms with van der Waals surface area (Å²) in [6.45, 7) is 4.74. The lowest BCUT2D eigenvalue weighted by molar-refractivity contribution is -0.384. The summed E-state index contributed by atoms with van der Waals surface area (Å²) in [6, 6.07) is 27.1. The highest BCUT2D eigenvalue weighted by atomic mass is 32.2. The summed E-state index contributed by atoms with van der Waals surface area (Å²) in [5, 5.41) is 35.9. The van der Waals surface area contributed by atoms with Crippen LogP contribution in [-0.2, 0) is 20.9 Å². The summed E-state index contributed by atoms with van der Waals surface area (Å²) < 4.78 is 35.2. The number of benzene rings is 4. The molecule has 7 rings (SSSR count). The molecule has 6 unspecified atom stereocenters. The van der Waals surface area contributed by atoms with Gasteiger partial charge in [-0.25, -0.2) is 4.39 Å². The molecule has 1 heterocycles. The van der Waals surface area contributed by atoms with Crippen molar-refractivity contribution in [3.05, 3.63) is 160 Å². The highest BCUT2D eigenvalue weighted by molar-refractivity contribution is 7.99. The molecule has 1 saturated carbocycles. The van der Waals surface area contributed by atoms with Crippen molar-refractivity contribution >= 4 is 35.1 Å². The molecule has 6 atom stereocenters. The number of aliphatic hydroxyl groups excluding tert-OH is 2. The fraction of sp³-hybridized carbons (Fsp3) is 0.385. The van der Waals surface area contributed by atoms with Crippen molar-refractivity contribution in [1.29, 1.82) is 0 Å². The first-order valence-corrected chi connectivity index (χ1v) is 23.6. The van der Waals surface area contributed by atoms with Gasteiger partial charge in [0, 0.05) is 66.5 Å². The summed E-state index contributed by atoms with van der Waals surface area (Å²) >= 11 is 1.72. The summed E-state index contributed by atoms with van der Waals surface area (Å²) in [7, 11) is 1.50. The zero-order valence-electron chi connectivity index (χ0n) is 37.2. The number of carbonyl (C=O) groups is 1. The minimum absolute atomic E-state index is 0.00747. The van der Waals surface area contributed by atoms with Crippen molar-refractivity contribution < 1.29 is 43.4 Å². The largest absolute Gasteiger partial charge is 0.493 e. The summed E-state index contributed by atoms with van der Waals surface area (Å²) in [5.74, 6) is -1.10. The maximum absolute atomic E-state index is 15.0. The van der Waals surface area contributed by atoms with Crippen molar-refractivity contribution in [3.8, 4) is 11.5 Å². The molecule has 0 saturated heterocycles. The smallest absolute Gasteiger partial charge is 0.269 e. The number of non-ortho nitro benzene ring substituents is 1. The number of halogens is 1. The number of thioether (sulfide) groups is 1. The Kier molecular flexibility index (Phi) is 16.8. The van der Waals surface area contributed by atoms with Crippen molar-refractivity contribution in [2.24, 2.45) is 22.9 Å². The lowest BCUT2D eigenvalue weighted by Gasteiger charge is -2.60. The second-order valence-electron chi connectivity index (χ2n) is 16.7. The molecule has 1 amide bonds. The minimum atomic E-state index is -1.53. The van der Waals surface area contributed by atoms with Crippen LogP contribution < -0.4 is 9.47 Å². The van der Waals surface area contributed by atoms with Gasteiger partial charge in [0.2, 0.25) is 11.7 Å². The van der Waals surface area contributed by atoms with E-state index in [1.165, 1.54) is 37.5 Å². The van der Waals surface area contributed by atoms with Crippen LogP contribution in [0.15, 0.2) is 137 Å². The van der Waals surface area contributed by atoms with E-state index < -0.39 is 34.4 Å². The van der Waals surface area contributed by atoms with Gasteiger partial charge in [-0.2, -0.15) is 0 Å². The summed E-state index contributed by atoms with van der Waals surface area (Å²) in [6.07, 6.45) is 11.5. The van der Waals surface area contributed by atoms with Gasteiger partial charge in [0.15, 0.2) is 0 Å². The van der Waals surface area contributed by atoms with Crippen LogP contribution >= 0.6 is 11.8 Å². The van der Waals surface area contributed by atoms with Gasteiger partial charge < -0.3 is 34.2 Å². The Bertz CT molecular complexity index is 2360. The molecule has 1 aliphatic heterocycles. The summed E-state index contributed by atoms with van der Waals surface area (Å²) in [5.41, 5.74) is 3.62. The number of hydrogen-bond donors (Lipinski definition) is 2. The third kappa shape index (κ3) is 11.2. The average molecular weight is 920 g/mol. The Labute approximate surface area is 389 Å². The number of oxime groups is 1. The van der Waals surface area contributed by atoms with Crippen LogP contribution in [0.25, 0.3) is 6.08 Å². The number of rotatable bonds is 23. The highest BCUT2D eigenvalue weighted by Crippen LogP contribution is 2.62. The van der Waals surface area contributed by atoms with E-state index in [0.717, 1.165) is 47.5 Å². The van der Waals surface area contributed by atoms with Crippen molar-refractivity contribution in [2.75, 3.05) is 39.3 Å². The van der Waals surface area contributed by atoms with Gasteiger partial charge in [-0.3, -0.25) is 14.9 Å². The number of hydrogen-bond acceptors (Lipinski definition) is 11. The van der Waals surface area contributed by atoms with Crippen LogP contribution in [0.2, 0.25) is 0 Å². The first kappa shape index (κ1) is 48.1. The van der Waals surface area contributed by atoms with Crippen molar-refractivity contribution in [1.82, 2.24) is 4.90 Å². The predicted octanol–water partition coefficient (Wildman–Crippen LogP) is 9.91. The summed E-state index contributed by atoms with van der Waals surface area (Å²) in [4.78, 5) is 34.3. The third-order valence-electron chi connectivity index (χ3n) is 12.7. The number of allylic oxidation sites excluding steroid dienone is 1. The number of nitrogens with zero attached hydrogens (tertiary/aromatic N) is 3. The van der Waals surface area contributed by atoms with E-state index >= 15 is 0 Å². The van der Waals surface area contributed by atoms with Gasteiger partial charge >= 0.3 is 0 Å². The number of ether oxygens (including phenoxy) is 3. The molecule has 0 radical (unpaired) electrons. The van der Waals surface area contributed by atoms with Crippen LogP contribution in [0.1, 0.15) is 67.6 Å². The number of nitro benzene ring substituents is 1. The van der Waals surface area contributed by atoms with Crippen LogP contribution in [0.3, 0.4) is 0 Å². The fourth-order valence-corrected chi connectivity index (χ4v) is 10.5. The van der Waals surface area contributed by atoms with Gasteiger partial charge in [-0.1, -0.05) is 60.5 Å². The molecule has 4 aromatic carbocycles. The molecule has 2 N–H and O–H groups in total. The molecule has 4 aromatic rings. The van der Waals surface area contributed by atoms with E-state index in [1.807, 2.05) is 30.3 Å². The second-order valence-corrected chi connectivity index (χ2v) is 17.9. The molecule has 2 aliphatic carbocycles. The first-order valence-electron chi connectivity index (χ1n) is 22.6. The van der Waals surface area contributed by atoms with Gasteiger partial charge in [-0.15, -0.1) is 18.3 Å². The van der Waals surface area contributed by atoms with E-state index in [4.69, 9.17) is 19.0 Å². The monoisotopic (exact) mass is 919 g/mol. The Balaban J connectivity index is 1.38. The molecule has 14 heteroatoms. The number of unbranched alkanes of at least 4 members (excludes halogenated alkanes) is 2. The lowest BCUT2D eigenvalue weighted by atomic mass is 9.55. The number of carbonyl (C=O) groups excluding carboxylic acids is 1. The first-order chi connectivity index (χ1) is 32.2. The molecule has 348 valence electrons. The SMILES string of the molecule is C=CCOC12Oc3ccc(OCCSc4ccccc4)cc3C3C(CCCCO)C(CCCCO)C=C(C(=NOC)CC1N(Cc1ccc(F)cc1)C(=O)C=Cc1ccc([N+](=O)[O-])cc1)C32. The Hall–Kier alpha value is -5.80. The predicted molar refractivity (Wildman–Crippen MR) is 254 cm³/mol. The number of aliphatic hydroxyl groups is 2. The quantitative estimate of drug-likeness (QED) is 0.0184. The number of fused-ring (bicyclic) bond motifs is 2. The maximum Gasteiger partial charge on any atom is 0.269 e. The molecule has 66 heavy (non-hydrogen) atoms. The van der Waals surface area contributed by atoms with Crippen LogP contribution in [0.5, 0.6) is 11.5 Å². The zero-order chi connectivity index (χ0) is 46.5. The van der Waals surface area contributed by atoms with Crippen molar-refractivity contribution in [2.45, 2.75) is 74.1 Å².